The lowest BCUT2D eigenvalue weighted by molar-refractivity contribution is -0.111. The minimum Gasteiger partial charge on any atom is -0.493 e. The highest BCUT2D eigenvalue weighted by molar-refractivity contribution is 6.30. The average molecular weight is 348 g/mol. The summed E-state index contributed by atoms with van der Waals surface area (Å²) in [5.74, 6) is 1.27. The molecule has 2 rings (SSSR count). The van der Waals surface area contributed by atoms with Crippen molar-refractivity contribution in [2.45, 2.75) is 0 Å². The molecule has 0 saturated heterocycles. The van der Waals surface area contributed by atoms with Gasteiger partial charge in [-0.2, -0.15) is 0 Å². The van der Waals surface area contributed by atoms with Crippen LogP contribution in [0.15, 0.2) is 42.5 Å². The summed E-state index contributed by atoms with van der Waals surface area (Å²) in [7, 11) is 4.61. The fraction of sp³-hybridized carbons (Fsp3) is 0.167. The molecule has 2 aromatic carbocycles. The number of amides is 1. The van der Waals surface area contributed by atoms with E-state index in [1.54, 1.807) is 42.5 Å². The lowest BCUT2D eigenvalue weighted by Gasteiger charge is -2.12. The van der Waals surface area contributed by atoms with E-state index in [0.717, 1.165) is 5.56 Å². The van der Waals surface area contributed by atoms with E-state index in [9.17, 15) is 4.79 Å². The van der Waals surface area contributed by atoms with Crippen LogP contribution in [0, 0.1) is 0 Å². The number of carbonyl (C=O) groups excluding carboxylic acids is 1. The number of rotatable bonds is 6. The Kier molecular flexibility index (Phi) is 6.09. The number of ether oxygens (including phenoxy) is 3. The van der Waals surface area contributed by atoms with E-state index in [1.807, 2.05) is 0 Å². The zero-order valence-corrected chi connectivity index (χ0v) is 14.4. The molecular formula is C18H18ClNO4. The van der Waals surface area contributed by atoms with Crippen LogP contribution < -0.4 is 19.5 Å². The van der Waals surface area contributed by atoms with Gasteiger partial charge in [-0.25, -0.2) is 0 Å². The van der Waals surface area contributed by atoms with Crippen molar-refractivity contribution in [3.8, 4) is 17.2 Å². The van der Waals surface area contributed by atoms with Gasteiger partial charge in [-0.15, -0.1) is 0 Å². The highest BCUT2D eigenvalue weighted by atomic mass is 35.5. The zero-order chi connectivity index (χ0) is 17.5. The molecule has 0 spiro atoms. The maximum Gasteiger partial charge on any atom is 0.248 e. The molecule has 126 valence electrons. The van der Waals surface area contributed by atoms with Gasteiger partial charge in [-0.1, -0.05) is 17.7 Å². The molecular weight excluding hydrogens is 330 g/mol. The molecule has 0 radical (unpaired) electrons. The minimum atomic E-state index is -0.272. The molecule has 0 unspecified atom stereocenters. The number of anilines is 1. The van der Waals surface area contributed by atoms with Gasteiger partial charge >= 0.3 is 0 Å². The third-order valence-corrected chi connectivity index (χ3v) is 3.44. The third kappa shape index (κ3) is 4.43. The first-order valence-electron chi connectivity index (χ1n) is 7.12. The van der Waals surface area contributed by atoms with Gasteiger partial charge in [-0.05, 0) is 42.0 Å². The first kappa shape index (κ1) is 17.7. The Bertz CT molecular complexity index is 733. The van der Waals surface area contributed by atoms with Crippen molar-refractivity contribution in [3.05, 3.63) is 53.1 Å². The van der Waals surface area contributed by atoms with Crippen molar-refractivity contribution in [1.82, 2.24) is 0 Å². The normalized spacial score (nSPS) is 10.5. The summed E-state index contributed by atoms with van der Waals surface area (Å²) in [5.41, 5.74) is 1.37. The van der Waals surface area contributed by atoms with Crippen molar-refractivity contribution in [1.29, 1.82) is 0 Å². The first-order valence-corrected chi connectivity index (χ1v) is 7.49. The van der Waals surface area contributed by atoms with Crippen LogP contribution in [0.2, 0.25) is 5.02 Å². The van der Waals surface area contributed by atoms with E-state index in [1.165, 1.54) is 27.4 Å². The number of carbonyl (C=O) groups is 1. The van der Waals surface area contributed by atoms with Gasteiger partial charge in [0.1, 0.15) is 0 Å². The molecule has 0 saturated carbocycles. The van der Waals surface area contributed by atoms with Gasteiger partial charge in [0.2, 0.25) is 11.7 Å². The Morgan fingerprint density at radius 1 is 1.04 bits per heavy atom. The number of nitrogens with one attached hydrogen (secondary N) is 1. The topological polar surface area (TPSA) is 56.8 Å². The van der Waals surface area contributed by atoms with Crippen LogP contribution in [-0.2, 0) is 4.79 Å². The Morgan fingerprint density at radius 3 is 2.25 bits per heavy atom. The quantitative estimate of drug-likeness (QED) is 0.802. The van der Waals surface area contributed by atoms with Crippen LogP contribution >= 0.6 is 11.6 Å². The summed E-state index contributed by atoms with van der Waals surface area (Å²) in [6.07, 6.45) is 3.08. The molecule has 24 heavy (non-hydrogen) atoms. The summed E-state index contributed by atoms with van der Waals surface area (Å²) >= 11 is 5.89. The van der Waals surface area contributed by atoms with E-state index < -0.39 is 0 Å². The molecule has 0 aliphatic heterocycles. The van der Waals surface area contributed by atoms with Crippen LogP contribution in [0.3, 0.4) is 0 Å². The van der Waals surface area contributed by atoms with Gasteiger partial charge in [0, 0.05) is 16.8 Å². The maximum atomic E-state index is 12.0. The zero-order valence-electron chi connectivity index (χ0n) is 13.6. The summed E-state index contributed by atoms with van der Waals surface area (Å²) in [5, 5.41) is 3.29. The van der Waals surface area contributed by atoms with Gasteiger partial charge in [0.25, 0.3) is 0 Å². The second-order valence-corrected chi connectivity index (χ2v) is 5.23. The predicted molar refractivity (Wildman–Crippen MR) is 95.2 cm³/mol. The molecule has 0 heterocycles. The van der Waals surface area contributed by atoms with E-state index in [4.69, 9.17) is 25.8 Å². The molecule has 0 atom stereocenters. The van der Waals surface area contributed by atoms with Crippen molar-refractivity contribution >= 4 is 29.3 Å². The Balaban J connectivity index is 2.17. The number of halogens is 1. The molecule has 0 bridgehead atoms. The predicted octanol–water partition coefficient (Wildman–Crippen LogP) is 4.02. The Labute approximate surface area is 145 Å². The summed E-state index contributed by atoms with van der Waals surface area (Å²) in [6, 6.07) is 10.4. The molecule has 0 aliphatic carbocycles. The summed E-state index contributed by atoms with van der Waals surface area (Å²) in [4.78, 5) is 12.0. The largest absolute Gasteiger partial charge is 0.493 e. The molecule has 2 aromatic rings. The van der Waals surface area contributed by atoms with Crippen molar-refractivity contribution < 1.29 is 19.0 Å². The number of methoxy groups -OCH3 is 3. The van der Waals surface area contributed by atoms with Gasteiger partial charge < -0.3 is 19.5 Å². The number of benzene rings is 2. The van der Waals surface area contributed by atoms with Crippen LogP contribution in [0.5, 0.6) is 17.2 Å². The molecule has 5 nitrogen and oxygen atoms in total. The SMILES string of the molecule is COc1cc(/C=C\C(=O)Nc2cccc(Cl)c2)cc(OC)c1OC. The van der Waals surface area contributed by atoms with Crippen molar-refractivity contribution in [2.75, 3.05) is 26.6 Å². The third-order valence-electron chi connectivity index (χ3n) is 3.21. The average Bonchev–Trinajstić information content (AvgIpc) is 2.58. The number of hydrogen-bond donors (Lipinski definition) is 1. The second-order valence-electron chi connectivity index (χ2n) is 4.79. The van der Waals surface area contributed by atoms with Crippen LogP contribution in [-0.4, -0.2) is 27.2 Å². The lowest BCUT2D eigenvalue weighted by atomic mass is 10.1. The second kappa shape index (κ2) is 8.26. The Hall–Kier alpha value is -2.66. The maximum absolute atomic E-state index is 12.0. The molecule has 1 amide bonds. The first-order chi connectivity index (χ1) is 11.6. The summed E-state index contributed by atoms with van der Waals surface area (Å²) in [6.45, 7) is 0. The van der Waals surface area contributed by atoms with Crippen molar-refractivity contribution in [3.63, 3.8) is 0 Å². The van der Waals surface area contributed by atoms with Crippen LogP contribution in [0.1, 0.15) is 5.56 Å². The van der Waals surface area contributed by atoms with Crippen LogP contribution in [0.25, 0.3) is 6.08 Å². The van der Waals surface area contributed by atoms with Gasteiger partial charge in [0.15, 0.2) is 11.5 Å². The molecule has 0 fully saturated rings. The molecule has 0 aromatic heterocycles. The highest BCUT2D eigenvalue weighted by Gasteiger charge is 2.12. The fourth-order valence-electron chi connectivity index (χ4n) is 2.12. The van der Waals surface area contributed by atoms with E-state index >= 15 is 0 Å². The van der Waals surface area contributed by atoms with Crippen molar-refractivity contribution in [2.24, 2.45) is 0 Å². The van der Waals surface area contributed by atoms with Crippen LogP contribution in [0.4, 0.5) is 5.69 Å². The highest BCUT2D eigenvalue weighted by Crippen LogP contribution is 2.38. The molecule has 6 heteroatoms. The monoisotopic (exact) mass is 347 g/mol. The molecule has 1 N–H and O–H groups in total. The lowest BCUT2D eigenvalue weighted by Crippen LogP contribution is -2.07. The smallest absolute Gasteiger partial charge is 0.248 e. The van der Waals surface area contributed by atoms with Gasteiger partial charge in [-0.3, -0.25) is 4.79 Å². The van der Waals surface area contributed by atoms with E-state index in [-0.39, 0.29) is 5.91 Å². The molecule has 0 aliphatic rings. The minimum absolute atomic E-state index is 0.272. The number of hydrogen-bond acceptors (Lipinski definition) is 4. The Morgan fingerprint density at radius 2 is 1.71 bits per heavy atom. The summed E-state index contributed by atoms with van der Waals surface area (Å²) < 4.78 is 15.8. The van der Waals surface area contributed by atoms with Gasteiger partial charge in [0.05, 0.1) is 21.3 Å². The standard InChI is InChI=1S/C18H18ClNO4/c1-22-15-9-12(10-16(23-2)18(15)24-3)7-8-17(21)20-14-6-4-5-13(19)11-14/h4-11H,1-3H3,(H,20,21)/b8-7-. The fourth-order valence-corrected chi connectivity index (χ4v) is 2.31. The van der Waals surface area contributed by atoms with E-state index in [0.29, 0.717) is 28.0 Å². The van der Waals surface area contributed by atoms with E-state index in [2.05, 4.69) is 5.32 Å².